The van der Waals surface area contributed by atoms with Gasteiger partial charge in [-0.2, -0.15) is 0 Å². The van der Waals surface area contributed by atoms with E-state index in [2.05, 4.69) is 11.1 Å². The van der Waals surface area contributed by atoms with Gasteiger partial charge in [0.25, 0.3) is 11.8 Å². The fraction of sp³-hybridized carbons (Fsp3) is 0.182. The molecule has 0 unspecified atom stereocenters. The highest BCUT2D eigenvalue weighted by Crippen LogP contribution is 2.33. The standard InChI is InChI=1S/C22H17N3O3S/c1-13-23-18(12-29-13)14-6-7-19-15(10-14)8-9-24(19)20(26)11-25-21(27)16-4-2-3-5-17(16)22(25)28/h2-7,10,12H,8-9,11H2,1H3. The predicted molar refractivity (Wildman–Crippen MR) is 110 cm³/mol. The van der Waals surface area contributed by atoms with Crippen molar-refractivity contribution >= 4 is 34.7 Å². The van der Waals surface area contributed by atoms with Crippen LogP contribution in [0.4, 0.5) is 5.69 Å². The fourth-order valence-electron chi connectivity index (χ4n) is 3.92. The molecule has 6 nitrogen and oxygen atoms in total. The molecule has 0 saturated heterocycles. The van der Waals surface area contributed by atoms with Crippen LogP contribution in [0.25, 0.3) is 11.3 Å². The average Bonchev–Trinajstić information content (AvgIpc) is 3.41. The fourth-order valence-corrected chi connectivity index (χ4v) is 4.54. The molecular weight excluding hydrogens is 386 g/mol. The monoisotopic (exact) mass is 403 g/mol. The zero-order valence-electron chi connectivity index (χ0n) is 15.7. The largest absolute Gasteiger partial charge is 0.310 e. The van der Waals surface area contributed by atoms with Crippen LogP contribution in [-0.2, 0) is 11.2 Å². The Morgan fingerprint density at radius 3 is 2.48 bits per heavy atom. The van der Waals surface area contributed by atoms with Gasteiger partial charge in [-0.15, -0.1) is 11.3 Å². The van der Waals surface area contributed by atoms with E-state index in [0.717, 1.165) is 38.8 Å². The number of amides is 3. The molecule has 0 fully saturated rings. The summed E-state index contributed by atoms with van der Waals surface area (Å²) in [6.45, 7) is 2.26. The van der Waals surface area contributed by atoms with Gasteiger partial charge in [-0.25, -0.2) is 4.98 Å². The van der Waals surface area contributed by atoms with Crippen molar-refractivity contribution < 1.29 is 14.4 Å². The topological polar surface area (TPSA) is 70.6 Å². The van der Waals surface area contributed by atoms with Crippen LogP contribution < -0.4 is 4.90 Å². The van der Waals surface area contributed by atoms with Crippen LogP contribution in [0.2, 0.25) is 0 Å². The van der Waals surface area contributed by atoms with E-state index in [-0.39, 0.29) is 12.5 Å². The highest BCUT2D eigenvalue weighted by molar-refractivity contribution is 7.09. The highest BCUT2D eigenvalue weighted by atomic mass is 32.1. The van der Waals surface area contributed by atoms with E-state index < -0.39 is 11.8 Å². The molecular formula is C22H17N3O3S. The van der Waals surface area contributed by atoms with E-state index in [0.29, 0.717) is 17.7 Å². The second-order valence-corrected chi connectivity index (χ2v) is 8.19. The molecule has 0 bridgehead atoms. The van der Waals surface area contributed by atoms with Gasteiger partial charge in [0.1, 0.15) is 6.54 Å². The number of nitrogens with zero attached hydrogens (tertiary/aromatic N) is 3. The SMILES string of the molecule is Cc1nc(-c2ccc3c(c2)CCN3C(=O)CN2C(=O)c3ccccc3C2=O)cs1. The molecule has 3 amide bonds. The van der Waals surface area contributed by atoms with E-state index >= 15 is 0 Å². The third kappa shape index (κ3) is 2.86. The van der Waals surface area contributed by atoms with Crippen molar-refractivity contribution in [2.24, 2.45) is 0 Å². The molecule has 3 aromatic rings. The van der Waals surface area contributed by atoms with Gasteiger partial charge in [0.05, 0.1) is 21.8 Å². The van der Waals surface area contributed by atoms with Crippen LogP contribution in [0, 0.1) is 6.92 Å². The second-order valence-electron chi connectivity index (χ2n) is 7.13. The molecule has 2 aliphatic rings. The van der Waals surface area contributed by atoms with Crippen molar-refractivity contribution in [2.75, 3.05) is 18.0 Å². The molecule has 0 spiro atoms. The van der Waals surface area contributed by atoms with E-state index in [4.69, 9.17) is 0 Å². The number of imide groups is 1. The minimum absolute atomic E-state index is 0.251. The van der Waals surface area contributed by atoms with Crippen molar-refractivity contribution in [3.8, 4) is 11.3 Å². The minimum atomic E-state index is -0.410. The Hall–Kier alpha value is -3.32. The Bertz CT molecular complexity index is 1150. The summed E-state index contributed by atoms with van der Waals surface area (Å²) in [5, 5.41) is 3.04. The number of thiazole rings is 1. The van der Waals surface area contributed by atoms with Crippen LogP contribution in [-0.4, -0.2) is 40.7 Å². The molecule has 0 aliphatic carbocycles. The molecule has 144 valence electrons. The smallest absolute Gasteiger partial charge is 0.262 e. The normalized spacial score (nSPS) is 15.1. The summed E-state index contributed by atoms with van der Waals surface area (Å²) >= 11 is 1.61. The zero-order valence-corrected chi connectivity index (χ0v) is 16.5. The van der Waals surface area contributed by atoms with Crippen LogP contribution >= 0.6 is 11.3 Å². The summed E-state index contributed by atoms with van der Waals surface area (Å²) in [4.78, 5) is 45.2. The number of hydrogen-bond acceptors (Lipinski definition) is 5. The van der Waals surface area contributed by atoms with Crippen LogP contribution in [0.1, 0.15) is 31.3 Å². The summed E-state index contributed by atoms with van der Waals surface area (Å²) in [7, 11) is 0. The number of carbonyl (C=O) groups excluding carboxylic acids is 3. The van der Waals surface area contributed by atoms with E-state index in [1.54, 1.807) is 40.5 Å². The molecule has 29 heavy (non-hydrogen) atoms. The van der Waals surface area contributed by atoms with Crippen molar-refractivity contribution in [3.05, 3.63) is 69.5 Å². The first-order valence-electron chi connectivity index (χ1n) is 9.34. The van der Waals surface area contributed by atoms with Gasteiger partial charge in [0.2, 0.25) is 5.91 Å². The maximum atomic E-state index is 12.9. The highest BCUT2D eigenvalue weighted by Gasteiger charge is 2.38. The maximum Gasteiger partial charge on any atom is 0.262 e. The van der Waals surface area contributed by atoms with Gasteiger partial charge in [-0.05, 0) is 43.2 Å². The number of aryl methyl sites for hydroxylation is 1. The number of anilines is 1. The number of benzene rings is 2. The molecule has 2 aliphatic heterocycles. The number of hydrogen-bond donors (Lipinski definition) is 0. The molecule has 0 atom stereocenters. The number of fused-ring (bicyclic) bond motifs is 2. The molecule has 5 rings (SSSR count). The number of rotatable bonds is 3. The number of carbonyl (C=O) groups is 3. The van der Waals surface area contributed by atoms with Crippen LogP contribution in [0.3, 0.4) is 0 Å². The quantitative estimate of drug-likeness (QED) is 0.629. The van der Waals surface area contributed by atoms with E-state index in [1.165, 1.54) is 0 Å². The Kier molecular flexibility index (Phi) is 4.06. The lowest BCUT2D eigenvalue weighted by Gasteiger charge is -2.21. The summed E-state index contributed by atoms with van der Waals surface area (Å²) < 4.78 is 0. The molecule has 0 N–H and O–H groups in total. The van der Waals surface area contributed by atoms with Crippen molar-refractivity contribution in [1.82, 2.24) is 9.88 Å². The molecule has 3 heterocycles. The van der Waals surface area contributed by atoms with E-state index in [1.807, 2.05) is 24.4 Å². The lowest BCUT2D eigenvalue weighted by Crippen LogP contribution is -2.42. The zero-order chi connectivity index (χ0) is 20.1. The van der Waals surface area contributed by atoms with Crippen molar-refractivity contribution in [2.45, 2.75) is 13.3 Å². The van der Waals surface area contributed by atoms with Gasteiger partial charge >= 0.3 is 0 Å². The van der Waals surface area contributed by atoms with Gasteiger partial charge in [0, 0.05) is 23.2 Å². The maximum absolute atomic E-state index is 12.9. The van der Waals surface area contributed by atoms with E-state index in [9.17, 15) is 14.4 Å². The Morgan fingerprint density at radius 1 is 1.10 bits per heavy atom. The molecule has 2 aromatic carbocycles. The second kappa shape index (κ2) is 6.63. The third-order valence-corrected chi connectivity index (χ3v) is 6.14. The Labute approximate surface area is 171 Å². The average molecular weight is 403 g/mol. The van der Waals surface area contributed by atoms with Gasteiger partial charge in [0.15, 0.2) is 0 Å². The lowest BCUT2D eigenvalue weighted by atomic mass is 10.1. The Balaban J connectivity index is 1.37. The first-order chi connectivity index (χ1) is 14.0. The van der Waals surface area contributed by atoms with Crippen LogP contribution in [0.5, 0.6) is 0 Å². The van der Waals surface area contributed by atoms with Crippen molar-refractivity contribution in [1.29, 1.82) is 0 Å². The van der Waals surface area contributed by atoms with Gasteiger partial charge in [-0.3, -0.25) is 19.3 Å². The predicted octanol–water partition coefficient (Wildman–Crippen LogP) is 3.30. The molecule has 1 aromatic heterocycles. The van der Waals surface area contributed by atoms with Gasteiger partial charge < -0.3 is 4.90 Å². The summed E-state index contributed by atoms with van der Waals surface area (Å²) in [5.74, 6) is -1.07. The molecule has 7 heteroatoms. The summed E-state index contributed by atoms with van der Waals surface area (Å²) in [5.41, 5.74) is 4.59. The summed E-state index contributed by atoms with van der Waals surface area (Å²) in [6.07, 6.45) is 0.736. The van der Waals surface area contributed by atoms with Gasteiger partial charge in [-0.1, -0.05) is 18.2 Å². The third-order valence-electron chi connectivity index (χ3n) is 5.36. The first-order valence-corrected chi connectivity index (χ1v) is 10.2. The molecule has 0 radical (unpaired) electrons. The lowest BCUT2D eigenvalue weighted by molar-refractivity contribution is -0.118. The Morgan fingerprint density at radius 2 is 1.83 bits per heavy atom. The van der Waals surface area contributed by atoms with Crippen LogP contribution in [0.15, 0.2) is 47.8 Å². The molecule has 0 saturated carbocycles. The first kappa shape index (κ1) is 17.8. The summed E-state index contributed by atoms with van der Waals surface area (Å²) in [6, 6.07) is 12.6. The van der Waals surface area contributed by atoms with Crippen molar-refractivity contribution in [3.63, 3.8) is 0 Å². The minimum Gasteiger partial charge on any atom is -0.310 e. The number of aromatic nitrogens is 1.